The van der Waals surface area contributed by atoms with Gasteiger partial charge in [-0.15, -0.1) is 0 Å². The molecule has 16 heteroatoms. The lowest BCUT2D eigenvalue weighted by atomic mass is 10.0. The van der Waals surface area contributed by atoms with Crippen LogP contribution >= 0.6 is 0 Å². The van der Waals surface area contributed by atoms with E-state index in [9.17, 15) is 24.7 Å². The number of nitrogens with zero attached hydrogens (tertiary/aromatic N) is 8. The fraction of sp³-hybridized carbons (Fsp3) is 0.156. The van der Waals surface area contributed by atoms with E-state index in [0.29, 0.717) is 0 Å². The molecule has 4 atom stereocenters. The lowest BCUT2D eigenvalue weighted by Crippen LogP contribution is -2.49. The molecule has 0 radical (unpaired) electrons. The molecule has 0 spiro atoms. The molecule has 0 N–H and O–H groups in total. The summed E-state index contributed by atoms with van der Waals surface area (Å²) in [6.45, 7) is -0.813. The molecule has 1 fully saturated rings. The second-order valence-electron chi connectivity index (χ2n) is 10.2. The maximum absolute atomic E-state index is 13.5. The third-order valence-corrected chi connectivity index (χ3v) is 7.22. The van der Waals surface area contributed by atoms with Gasteiger partial charge in [-0.3, -0.25) is 4.57 Å². The fourth-order valence-electron chi connectivity index (χ4n) is 4.95. The van der Waals surface area contributed by atoms with E-state index >= 15 is 0 Å². The van der Waals surface area contributed by atoms with E-state index in [-0.39, 0.29) is 22.5 Å². The number of hydrogen-bond acceptors (Lipinski definition) is 12. The highest BCUT2D eigenvalue weighted by Gasteiger charge is 2.61. The van der Waals surface area contributed by atoms with Gasteiger partial charge in [0.25, 0.3) is 0 Å². The molecule has 3 aromatic carbocycles. The lowest BCUT2D eigenvalue weighted by Gasteiger charge is -2.29. The molecule has 1 aliphatic rings. The smallest absolute Gasteiger partial charge is 0.351 e. The quantitative estimate of drug-likeness (QED) is 0.0703. The van der Waals surface area contributed by atoms with Crippen molar-refractivity contribution in [3.05, 3.63) is 154 Å². The van der Waals surface area contributed by atoms with Crippen molar-refractivity contribution in [2.75, 3.05) is 6.61 Å². The Kier molecular flexibility index (Phi) is 9.00. The SMILES string of the molecule is [N-]=[N+]=N[C@]1(COC(=O)c2ccccc2)O[C@@H](n2ccc(-n3cncn3)nc2=O)[C@H](OC(=O)c2ccccc2)[C@@H]1OC(=O)c1ccccc1. The van der Waals surface area contributed by atoms with Gasteiger partial charge in [0.15, 0.2) is 24.3 Å². The maximum atomic E-state index is 13.5. The van der Waals surface area contributed by atoms with Gasteiger partial charge in [0.1, 0.15) is 19.3 Å². The van der Waals surface area contributed by atoms with Crippen LogP contribution in [0.1, 0.15) is 37.3 Å². The summed E-state index contributed by atoms with van der Waals surface area (Å²) >= 11 is 0. The van der Waals surface area contributed by atoms with Crippen molar-refractivity contribution in [1.82, 2.24) is 24.3 Å². The van der Waals surface area contributed by atoms with Crippen molar-refractivity contribution in [1.29, 1.82) is 0 Å². The zero-order valence-corrected chi connectivity index (χ0v) is 24.8. The van der Waals surface area contributed by atoms with Crippen LogP contribution in [-0.4, -0.2) is 66.8 Å². The number of carbonyl (C=O) groups is 3. The van der Waals surface area contributed by atoms with Crippen LogP contribution in [0.5, 0.6) is 0 Å². The van der Waals surface area contributed by atoms with Crippen LogP contribution in [0.2, 0.25) is 0 Å². The Hall–Kier alpha value is -6.64. The summed E-state index contributed by atoms with van der Waals surface area (Å²) in [6, 6.07) is 25.1. The molecule has 5 aromatic rings. The Balaban J connectivity index is 1.45. The molecule has 0 unspecified atom stereocenters. The van der Waals surface area contributed by atoms with Gasteiger partial charge < -0.3 is 18.9 Å². The van der Waals surface area contributed by atoms with Gasteiger partial charge >= 0.3 is 23.6 Å². The van der Waals surface area contributed by atoms with Gasteiger partial charge in [-0.25, -0.2) is 28.8 Å². The van der Waals surface area contributed by atoms with Gasteiger partial charge in [-0.2, -0.15) is 10.1 Å². The topological polar surface area (TPSA) is 202 Å². The van der Waals surface area contributed by atoms with Crippen molar-refractivity contribution in [2.45, 2.75) is 24.2 Å². The summed E-state index contributed by atoms with van der Waals surface area (Å²) in [5.41, 5.74) is 6.87. The van der Waals surface area contributed by atoms with E-state index in [1.54, 1.807) is 54.6 Å². The van der Waals surface area contributed by atoms with E-state index in [4.69, 9.17) is 18.9 Å². The summed E-state index contributed by atoms with van der Waals surface area (Å²) in [7, 11) is 0. The van der Waals surface area contributed by atoms with Gasteiger partial charge in [0.05, 0.1) is 16.7 Å². The highest BCUT2D eigenvalue weighted by molar-refractivity contribution is 5.91. The van der Waals surface area contributed by atoms with Crippen LogP contribution in [0.25, 0.3) is 16.3 Å². The number of ether oxygens (including phenoxy) is 4. The molecule has 16 nitrogen and oxygen atoms in total. The summed E-state index contributed by atoms with van der Waals surface area (Å²) in [5.74, 6) is -2.51. The molecule has 0 saturated carbocycles. The van der Waals surface area contributed by atoms with Crippen molar-refractivity contribution >= 4 is 17.9 Å². The number of aromatic nitrogens is 5. The highest BCUT2D eigenvalue weighted by Crippen LogP contribution is 2.43. The second kappa shape index (κ2) is 13.8. The monoisotopic (exact) mass is 648 g/mol. The molecule has 1 saturated heterocycles. The first-order valence-electron chi connectivity index (χ1n) is 14.3. The Bertz CT molecular complexity index is 2020. The van der Waals surface area contributed by atoms with Gasteiger partial charge in [0.2, 0.25) is 5.72 Å². The molecule has 3 heterocycles. The van der Waals surface area contributed by atoms with Gasteiger partial charge in [-0.05, 0) is 48.0 Å². The van der Waals surface area contributed by atoms with Crippen molar-refractivity contribution in [3.63, 3.8) is 0 Å². The second-order valence-corrected chi connectivity index (χ2v) is 10.2. The van der Waals surface area contributed by atoms with Crippen LogP contribution in [0.15, 0.2) is 126 Å². The van der Waals surface area contributed by atoms with Crippen LogP contribution < -0.4 is 5.69 Å². The number of rotatable bonds is 10. The molecular weight excluding hydrogens is 624 g/mol. The predicted molar refractivity (Wildman–Crippen MR) is 163 cm³/mol. The van der Waals surface area contributed by atoms with Crippen molar-refractivity contribution < 1.29 is 33.3 Å². The first-order chi connectivity index (χ1) is 23.4. The van der Waals surface area contributed by atoms with E-state index < -0.39 is 54.4 Å². The standard InChI is InChI=1S/C32H24N8O8/c33-38-37-32(18-45-28(41)21-10-4-1-5-11-21)26(47-30(43)23-14-8-3-9-15-23)25(46-29(42)22-12-6-2-7-13-22)27(48-32)39-17-16-24(36-31(39)44)40-20-34-19-35-40/h1-17,19-20,25-27H,18H2/t25-,26+,27-,32-/m1/s1. The number of benzene rings is 3. The normalized spacial score (nSPS) is 19.9. The average Bonchev–Trinajstić information content (AvgIpc) is 3.76. The highest BCUT2D eigenvalue weighted by atomic mass is 16.7. The van der Waals surface area contributed by atoms with E-state index in [1.807, 2.05) is 0 Å². The Morgan fingerprint density at radius 1 is 0.854 bits per heavy atom. The molecule has 1 aliphatic heterocycles. The van der Waals surface area contributed by atoms with Crippen molar-refractivity contribution in [3.8, 4) is 5.82 Å². The van der Waals surface area contributed by atoms with Crippen LogP contribution in [0.4, 0.5) is 0 Å². The number of azide groups is 1. The minimum Gasteiger partial charge on any atom is -0.459 e. The van der Waals surface area contributed by atoms with E-state index in [2.05, 4.69) is 25.1 Å². The largest absolute Gasteiger partial charge is 0.459 e. The Morgan fingerprint density at radius 2 is 1.44 bits per heavy atom. The van der Waals surface area contributed by atoms with Crippen LogP contribution in [-0.2, 0) is 18.9 Å². The average molecular weight is 649 g/mol. The minimum absolute atomic E-state index is 0.0984. The Morgan fingerprint density at radius 3 is 1.98 bits per heavy atom. The van der Waals surface area contributed by atoms with Gasteiger partial charge in [0, 0.05) is 11.1 Å². The van der Waals surface area contributed by atoms with Crippen molar-refractivity contribution in [2.24, 2.45) is 5.11 Å². The molecule has 2 aromatic heterocycles. The van der Waals surface area contributed by atoms with Crippen LogP contribution in [0, 0.1) is 0 Å². The molecule has 0 amide bonds. The zero-order valence-electron chi connectivity index (χ0n) is 24.8. The zero-order chi connectivity index (χ0) is 33.5. The first kappa shape index (κ1) is 31.3. The summed E-state index contributed by atoms with van der Waals surface area (Å²) in [5, 5.41) is 7.76. The first-order valence-corrected chi connectivity index (χ1v) is 14.3. The predicted octanol–water partition coefficient (Wildman–Crippen LogP) is 3.67. The number of esters is 3. The third kappa shape index (κ3) is 6.50. The maximum Gasteiger partial charge on any atom is 0.351 e. The molecule has 0 aliphatic carbocycles. The van der Waals surface area contributed by atoms with E-state index in [0.717, 1.165) is 4.57 Å². The molecule has 240 valence electrons. The minimum atomic E-state index is -2.35. The van der Waals surface area contributed by atoms with E-state index in [1.165, 1.54) is 66.0 Å². The summed E-state index contributed by atoms with van der Waals surface area (Å²) in [4.78, 5) is 64.2. The third-order valence-electron chi connectivity index (χ3n) is 7.22. The number of carbonyl (C=O) groups excluding carboxylic acids is 3. The summed E-state index contributed by atoms with van der Waals surface area (Å²) < 4.78 is 25.7. The number of hydrogen-bond donors (Lipinski definition) is 0. The lowest BCUT2D eigenvalue weighted by molar-refractivity contribution is -0.129. The molecular formula is C32H24N8O8. The Labute approximate surface area is 270 Å². The fourth-order valence-corrected chi connectivity index (χ4v) is 4.95. The molecule has 48 heavy (non-hydrogen) atoms. The summed E-state index contributed by atoms with van der Waals surface area (Å²) in [6.07, 6.45) is -1.17. The van der Waals surface area contributed by atoms with Gasteiger partial charge in [-0.1, -0.05) is 59.7 Å². The molecule has 6 rings (SSSR count). The molecule has 0 bridgehead atoms. The van der Waals surface area contributed by atoms with Crippen LogP contribution in [0.3, 0.4) is 0 Å².